The van der Waals surface area contributed by atoms with Gasteiger partial charge in [-0.1, -0.05) is 29.8 Å². The van der Waals surface area contributed by atoms with Gasteiger partial charge in [0.25, 0.3) is 0 Å². The van der Waals surface area contributed by atoms with E-state index in [0.29, 0.717) is 13.1 Å². The van der Waals surface area contributed by atoms with Crippen LogP contribution in [0, 0.1) is 6.92 Å². The molecule has 6 nitrogen and oxygen atoms in total. The largest absolute Gasteiger partial charge is 0.322 e. The SMILES string of the molecule is Cc1ccc2c(c1)CCc1cccnc1C2N1CCN(C(=O)Nc2cccnc2)CC1. The Kier molecular flexibility index (Phi) is 5.38. The van der Waals surface area contributed by atoms with Crippen LogP contribution >= 0.6 is 0 Å². The molecule has 3 heterocycles. The third kappa shape index (κ3) is 4.03. The highest BCUT2D eigenvalue weighted by Gasteiger charge is 2.33. The summed E-state index contributed by atoms with van der Waals surface area (Å²) in [6, 6.07) is 14.8. The van der Waals surface area contributed by atoms with Crippen molar-refractivity contribution in [3.05, 3.63) is 89.0 Å². The molecule has 1 atom stereocenters. The van der Waals surface area contributed by atoms with Gasteiger partial charge in [-0.15, -0.1) is 0 Å². The molecule has 0 bridgehead atoms. The summed E-state index contributed by atoms with van der Waals surface area (Å²) in [6.45, 7) is 5.16. The van der Waals surface area contributed by atoms with Crippen LogP contribution in [0.4, 0.5) is 10.5 Å². The summed E-state index contributed by atoms with van der Waals surface area (Å²) in [6.07, 6.45) is 7.33. The molecule has 1 unspecified atom stereocenters. The number of carbonyl (C=O) groups excluding carboxylic acids is 1. The van der Waals surface area contributed by atoms with Gasteiger partial charge in [-0.2, -0.15) is 0 Å². The van der Waals surface area contributed by atoms with Gasteiger partial charge in [-0.3, -0.25) is 14.9 Å². The quantitative estimate of drug-likeness (QED) is 0.694. The van der Waals surface area contributed by atoms with Crippen molar-refractivity contribution in [2.45, 2.75) is 25.8 Å². The average molecular weight is 414 g/mol. The number of hydrogen-bond acceptors (Lipinski definition) is 4. The number of aryl methyl sites for hydroxylation is 3. The highest BCUT2D eigenvalue weighted by atomic mass is 16.2. The number of piperazine rings is 1. The predicted molar refractivity (Wildman–Crippen MR) is 121 cm³/mol. The maximum atomic E-state index is 12.7. The second kappa shape index (κ2) is 8.47. The van der Waals surface area contributed by atoms with E-state index in [1.54, 1.807) is 12.4 Å². The first-order valence-electron chi connectivity index (χ1n) is 10.9. The molecule has 6 heteroatoms. The number of nitrogens with zero attached hydrogens (tertiary/aromatic N) is 4. The smallest absolute Gasteiger partial charge is 0.321 e. The second-order valence-electron chi connectivity index (χ2n) is 8.35. The number of benzene rings is 1. The van der Waals surface area contributed by atoms with Crippen LogP contribution in [-0.4, -0.2) is 52.0 Å². The maximum Gasteiger partial charge on any atom is 0.321 e. The average Bonchev–Trinajstić information content (AvgIpc) is 2.96. The molecule has 1 fully saturated rings. The summed E-state index contributed by atoms with van der Waals surface area (Å²) in [4.78, 5) is 26.0. The van der Waals surface area contributed by atoms with Crippen molar-refractivity contribution in [2.24, 2.45) is 0 Å². The summed E-state index contributed by atoms with van der Waals surface area (Å²) in [5.74, 6) is 0. The lowest BCUT2D eigenvalue weighted by Gasteiger charge is -2.39. The first kappa shape index (κ1) is 19.7. The molecule has 5 rings (SSSR count). The molecule has 0 spiro atoms. The summed E-state index contributed by atoms with van der Waals surface area (Å²) in [7, 11) is 0. The molecule has 1 saturated heterocycles. The van der Waals surface area contributed by atoms with E-state index < -0.39 is 0 Å². The predicted octanol–water partition coefficient (Wildman–Crippen LogP) is 3.82. The number of amides is 2. The van der Waals surface area contributed by atoms with Crippen molar-refractivity contribution in [3.8, 4) is 0 Å². The Hall–Kier alpha value is -3.25. The fourth-order valence-corrected chi connectivity index (χ4v) is 4.73. The van der Waals surface area contributed by atoms with E-state index in [1.165, 1.54) is 27.9 Å². The first-order chi connectivity index (χ1) is 15.2. The lowest BCUT2D eigenvalue weighted by atomic mass is 9.94. The van der Waals surface area contributed by atoms with Crippen LogP contribution < -0.4 is 5.32 Å². The van der Waals surface area contributed by atoms with Crippen LogP contribution in [0.5, 0.6) is 0 Å². The summed E-state index contributed by atoms with van der Waals surface area (Å²) >= 11 is 0. The van der Waals surface area contributed by atoms with Gasteiger partial charge in [-0.25, -0.2) is 4.79 Å². The molecule has 158 valence electrons. The van der Waals surface area contributed by atoms with E-state index in [2.05, 4.69) is 46.4 Å². The minimum atomic E-state index is -0.0666. The fourth-order valence-electron chi connectivity index (χ4n) is 4.73. The fraction of sp³-hybridized carbons (Fsp3) is 0.320. The lowest BCUT2D eigenvalue weighted by Crippen LogP contribution is -2.51. The zero-order valence-corrected chi connectivity index (χ0v) is 17.8. The van der Waals surface area contributed by atoms with Gasteiger partial charge < -0.3 is 10.2 Å². The zero-order valence-electron chi connectivity index (χ0n) is 17.8. The molecule has 3 aromatic rings. The Morgan fingerprint density at radius 2 is 1.81 bits per heavy atom. The Morgan fingerprint density at radius 3 is 2.61 bits per heavy atom. The van der Waals surface area contributed by atoms with Gasteiger partial charge in [0.15, 0.2) is 0 Å². The number of rotatable bonds is 2. The van der Waals surface area contributed by atoms with E-state index in [4.69, 9.17) is 4.98 Å². The van der Waals surface area contributed by atoms with Gasteiger partial charge >= 0.3 is 6.03 Å². The lowest BCUT2D eigenvalue weighted by molar-refractivity contribution is 0.125. The number of fused-ring (bicyclic) bond motifs is 2. The molecule has 1 aliphatic heterocycles. The minimum Gasteiger partial charge on any atom is -0.322 e. The number of hydrogen-bond donors (Lipinski definition) is 1. The van der Waals surface area contributed by atoms with E-state index in [-0.39, 0.29) is 12.1 Å². The Labute approximate surface area is 182 Å². The van der Waals surface area contributed by atoms with Crippen molar-refractivity contribution in [1.29, 1.82) is 0 Å². The highest BCUT2D eigenvalue weighted by molar-refractivity contribution is 5.89. The Bertz CT molecular complexity index is 1080. The van der Waals surface area contributed by atoms with Crippen molar-refractivity contribution in [1.82, 2.24) is 19.8 Å². The molecule has 0 radical (unpaired) electrons. The molecule has 0 saturated carbocycles. The van der Waals surface area contributed by atoms with Gasteiger partial charge in [0, 0.05) is 38.6 Å². The molecule has 31 heavy (non-hydrogen) atoms. The van der Waals surface area contributed by atoms with Gasteiger partial charge in [-0.05, 0) is 54.7 Å². The third-order valence-electron chi connectivity index (χ3n) is 6.32. The van der Waals surface area contributed by atoms with Crippen molar-refractivity contribution in [3.63, 3.8) is 0 Å². The minimum absolute atomic E-state index is 0.0666. The van der Waals surface area contributed by atoms with Crippen molar-refractivity contribution < 1.29 is 4.79 Å². The van der Waals surface area contributed by atoms with Crippen LogP contribution in [0.2, 0.25) is 0 Å². The molecule has 1 aromatic carbocycles. The third-order valence-corrected chi connectivity index (χ3v) is 6.32. The highest BCUT2D eigenvalue weighted by Crippen LogP contribution is 2.36. The zero-order chi connectivity index (χ0) is 21.2. The van der Waals surface area contributed by atoms with Crippen LogP contribution in [0.25, 0.3) is 0 Å². The second-order valence-corrected chi connectivity index (χ2v) is 8.35. The summed E-state index contributed by atoms with van der Waals surface area (Å²) in [5.41, 5.74) is 7.29. The molecule has 1 N–H and O–H groups in total. The number of pyridine rings is 2. The van der Waals surface area contributed by atoms with Gasteiger partial charge in [0.1, 0.15) is 0 Å². The van der Waals surface area contributed by atoms with Crippen LogP contribution in [-0.2, 0) is 12.8 Å². The number of anilines is 1. The first-order valence-corrected chi connectivity index (χ1v) is 10.9. The van der Waals surface area contributed by atoms with E-state index in [1.807, 2.05) is 29.3 Å². The van der Waals surface area contributed by atoms with Crippen LogP contribution in [0.1, 0.15) is 34.0 Å². The maximum absolute atomic E-state index is 12.7. The normalized spacial score (nSPS) is 18.6. The summed E-state index contributed by atoms with van der Waals surface area (Å²) in [5, 5.41) is 2.95. The van der Waals surface area contributed by atoms with Gasteiger partial charge in [0.05, 0.1) is 23.6 Å². The topological polar surface area (TPSA) is 61.4 Å². The van der Waals surface area contributed by atoms with E-state index >= 15 is 0 Å². The standard InChI is InChI=1S/C25H27N5O/c1-18-6-9-22-20(16-18)8-7-19-4-2-11-27-23(19)24(22)29-12-14-30(15-13-29)25(31)28-21-5-3-10-26-17-21/h2-6,9-11,16-17,24H,7-8,12-15H2,1H3,(H,28,31). The van der Waals surface area contributed by atoms with Crippen LogP contribution in [0.3, 0.4) is 0 Å². The Morgan fingerprint density at radius 1 is 1.00 bits per heavy atom. The number of urea groups is 1. The van der Waals surface area contributed by atoms with E-state index in [0.717, 1.165) is 31.6 Å². The molecular weight excluding hydrogens is 386 g/mol. The molecule has 2 aliphatic rings. The van der Waals surface area contributed by atoms with Crippen molar-refractivity contribution >= 4 is 11.7 Å². The molecule has 2 aromatic heterocycles. The summed E-state index contributed by atoms with van der Waals surface area (Å²) < 4.78 is 0. The Balaban J connectivity index is 1.37. The molecule has 2 amide bonds. The van der Waals surface area contributed by atoms with Crippen molar-refractivity contribution in [2.75, 3.05) is 31.5 Å². The molecular formula is C25H27N5O. The number of nitrogens with one attached hydrogen (secondary N) is 1. The van der Waals surface area contributed by atoms with Gasteiger partial charge in [0.2, 0.25) is 0 Å². The van der Waals surface area contributed by atoms with E-state index in [9.17, 15) is 4.79 Å². The van der Waals surface area contributed by atoms with Crippen LogP contribution in [0.15, 0.2) is 61.1 Å². The number of carbonyl (C=O) groups is 1. The monoisotopic (exact) mass is 413 g/mol. The molecule has 1 aliphatic carbocycles. The number of aromatic nitrogens is 2.